The monoisotopic (exact) mass is 450 g/mol. The Hall–Kier alpha value is -2.39. The number of hydrazine groups is 1. The van der Waals surface area contributed by atoms with Crippen molar-refractivity contribution in [3.8, 4) is 11.3 Å². The molecule has 0 aliphatic rings. The molecular formula is C18H12Cl2N4O2S2. The summed E-state index contributed by atoms with van der Waals surface area (Å²) in [4.78, 5) is 28.6. The third kappa shape index (κ3) is 3.90. The van der Waals surface area contributed by atoms with Crippen LogP contribution in [-0.4, -0.2) is 15.5 Å². The number of carbonyl (C=O) groups excluding carboxylic acids is 1. The van der Waals surface area contributed by atoms with E-state index in [9.17, 15) is 9.59 Å². The molecule has 0 radical (unpaired) electrons. The van der Waals surface area contributed by atoms with E-state index in [1.807, 2.05) is 29.6 Å². The first-order valence-electron chi connectivity index (χ1n) is 8.05. The van der Waals surface area contributed by atoms with E-state index in [2.05, 4.69) is 15.8 Å². The van der Waals surface area contributed by atoms with E-state index in [-0.39, 0.29) is 17.3 Å². The molecule has 1 amide bonds. The molecule has 0 atom stereocenters. The van der Waals surface area contributed by atoms with Crippen molar-refractivity contribution < 1.29 is 4.79 Å². The van der Waals surface area contributed by atoms with Gasteiger partial charge in [-0.05, 0) is 30.3 Å². The van der Waals surface area contributed by atoms with Crippen molar-refractivity contribution in [3.63, 3.8) is 0 Å². The van der Waals surface area contributed by atoms with Gasteiger partial charge in [-0.3, -0.25) is 25.0 Å². The zero-order chi connectivity index (χ0) is 19.7. The van der Waals surface area contributed by atoms with Gasteiger partial charge >= 0.3 is 4.87 Å². The molecule has 0 aliphatic heterocycles. The van der Waals surface area contributed by atoms with Crippen LogP contribution in [0.25, 0.3) is 21.5 Å². The molecule has 10 heteroatoms. The van der Waals surface area contributed by atoms with Gasteiger partial charge in [-0.1, -0.05) is 46.7 Å². The van der Waals surface area contributed by atoms with Crippen LogP contribution in [0.1, 0.15) is 0 Å². The summed E-state index contributed by atoms with van der Waals surface area (Å²) in [5, 5.41) is 3.36. The Labute approximate surface area is 177 Å². The molecule has 0 saturated carbocycles. The second-order valence-corrected chi connectivity index (χ2v) is 8.45. The van der Waals surface area contributed by atoms with Gasteiger partial charge in [0, 0.05) is 16.0 Å². The Morgan fingerprint density at radius 3 is 2.82 bits per heavy atom. The van der Waals surface area contributed by atoms with Crippen molar-refractivity contribution in [2.45, 2.75) is 6.54 Å². The first kappa shape index (κ1) is 18.9. The molecule has 4 aromatic rings. The van der Waals surface area contributed by atoms with Gasteiger partial charge in [-0.2, -0.15) is 0 Å². The molecule has 2 heterocycles. The number of hydrogen-bond acceptors (Lipinski definition) is 6. The lowest BCUT2D eigenvalue weighted by Crippen LogP contribution is -2.34. The molecule has 142 valence electrons. The van der Waals surface area contributed by atoms with Gasteiger partial charge < -0.3 is 0 Å². The number of carbonyl (C=O) groups is 1. The van der Waals surface area contributed by atoms with Crippen LogP contribution < -0.4 is 15.7 Å². The number of nitrogens with zero attached hydrogens (tertiary/aromatic N) is 2. The number of benzene rings is 2. The first-order chi connectivity index (χ1) is 13.5. The highest BCUT2D eigenvalue weighted by atomic mass is 35.5. The minimum absolute atomic E-state index is 0.0862. The van der Waals surface area contributed by atoms with Crippen molar-refractivity contribution in [2.24, 2.45) is 0 Å². The summed E-state index contributed by atoms with van der Waals surface area (Å²) in [6, 6.07) is 12.5. The molecule has 0 unspecified atom stereocenters. The summed E-state index contributed by atoms with van der Waals surface area (Å²) in [5.74, 6) is -0.355. The SMILES string of the molecule is O=C(Cn1c(=O)sc2ccccc21)NNc1nc(-c2ccc(Cl)cc2Cl)cs1. The Balaban J connectivity index is 1.43. The normalized spacial score (nSPS) is 10.9. The zero-order valence-corrected chi connectivity index (χ0v) is 17.3. The fourth-order valence-corrected chi connectivity index (χ4v) is 4.68. The standard InChI is InChI=1S/C18H12Cl2N4O2S2/c19-10-5-6-11(12(20)7-10)13-9-27-17(21-13)23-22-16(25)8-24-14-3-1-2-4-15(14)28-18(24)26/h1-7,9H,8H2,(H,21,23)(H,22,25). The maximum atomic E-state index is 12.3. The molecule has 2 aromatic heterocycles. The van der Waals surface area contributed by atoms with Crippen LogP contribution in [0.3, 0.4) is 0 Å². The second kappa shape index (κ2) is 7.92. The van der Waals surface area contributed by atoms with Gasteiger partial charge in [-0.25, -0.2) is 4.98 Å². The van der Waals surface area contributed by atoms with Gasteiger partial charge in [0.15, 0.2) is 0 Å². The maximum absolute atomic E-state index is 12.3. The topological polar surface area (TPSA) is 76.0 Å². The maximum Gasteiger partial charge on any atom is 0.308 e. The summed E-state index contributed by atoms with van der Waals surface area (Å²) >= 11 is 14.5. The third-order valence-corrected chi connectivity index (χ3v) is 6.16. The zero-order valence-electron chi connectivity index (χ0n) is 14.1. The number of fused-ring (bicyclic) bond motifs is 1. The van der Waals surface area contributed by atoms with Crippen LogP contribution in [0, 0.1) is 0 Å². The van der Waals surface area contributed by atoms with Gasteiger partial charge in [-0.15, -0.1) is 11.3 Å². The molecule has 0 spiro atoms. The van der Waals surface area contributed by atoms with Crippen LogP contribution in [0.2, 0.25) is 10.0 Å². The smallest absolute Gasteiger partial charge is 0.289 e. The lowest BCUT2D eigenvalue weighted by atomic mass is 10.2. The van der Waals surface area contributed by atoms with E-state index in [1.165, 1.54) is 15.9 Å². The van der Waals surface area contributed by atoms with E-state index in [1.54, 1.807) is 18.2 Å². The fraction of sp³-hybridized carbons (Fsp3) is 0.0556. The van der Waals surface area contributed by atoms with Crippen LogP contribution in [-0.2, 0) is 11.3 Å². The van der Waals surface area contributed by atoms with Gasteiger partial charge in [0.05, 0.1) is 20.9 Å². The van der Waals surface area contributed by atoms with Crippen LogP contribution >= 0.6 is 45.9 Å². The van der Waals surface area contributed by atoms with E-state index in [0.29, 0.717) is 20.9 Å². The number of nitrogens with one attached hydrogen (secondary N) is 2. The lowest BCUT2D eigenvalue weighted by molar-refractivity contribution is -0.121. The van der Waals surface area contributed by atoms with E-state index < -0.39 is 0 Å². The number of aromatic nitrogens is 2. The van der Waals surface area contributed by atoms with Gasteiger partial charge in [0.2, 0.25) is 5.13 Å². The number of amides is 1. The average Bonchev–Trinajstić information content (AvgIpc) is 3.25. The van der Waals surface area contributed by atoms with Gasteiger partial charge in [0.25, 0.3) is 5.91 Å². The second-order valence-electron chi connectivity index (χ2n) is 5.76. The average molecular weight is 451 g/mol. The molecule has 0 saturated heterocycles. The fourth-order valence-electron chi connectivity index (χ4n) is 2.62. The summed E-state index contributed by atoms with van der Waals surface area (Å²) in [5.41, 5.74) is 7.50. The number of para-hydroxylation sites is 1. The van der Waals surface area contributed by atoms with E-state index in [4.69, 9.17) is 23.2 Å². The summed E-state index contributed by atoms with van der Waals surface area (Å²) in [7, 11) is 0. The molecule has 28 heavy (non-hydrogen) atoms. The number of anilines is 1. The molecular weight excluding hydrogens is 439 g/mol. The molecule has 6 nitrogen and oxygen atoms in total. The number of hydrogen-bond donors (Lipinski definition) is 2. The summed E-state index contributed by atoms with van der Waals surface area (Å²) < 4.78 is 2.29. The molecule has 2 N–H and O–H groups in total. The largest absolute Gasteiger partial charge is 0.308 e. The van der Waals surface area contributed by atoms with Crippen LogP contribution in [0.4, 0.5) is 5.13 Å². The number of thiazole rings is 2. The highest BCUT2D eigenvalue weighted by molar-refractivity contribution is 7.16. The molecule has 0 bridgehead atoms. The minimum Gasteiger partial charge on any atom is -0.289 e. The summed E-state index contributed by atoms with van der Waals surface area (Å²) in [6.07, 6.45) is 0. The quantitative estimate of drug-likeness (QED) is 0.434. The molecule has 2 aromatic carbocycles. The van der Waals surface area contributed by atoms with Crippen LogP contribution in [0.5, 0.6) is 0 Å². The van der Waals surface area contributed by atoms with Crippen molar-refractivity contribution in [1.82, 2.24) is 15.0 Å². The van der Waals surface area contributed by atoms with Crippen molar-refractivity contribution in [2.75, 3.05) is 5.43 Å². The summed E-state index contributed by atoms with van der Waals surface area (Å²) in [6.45, 7) is -0.0862. The minimum atomic E-state index is -0.355. The molecule has 0 aliphatic carbocycles. The van der Waals surface area contributed by atoms with E-state index in [0.717, 1.165) is 27.1 Å². The van der Waals surface area contributed by atoms with Crippen molar-refractivity contribution in [1.29, 1.82) is 0 Å². The number of rotatable bonds is 5. The molecule has 4 rings (SSSR count). The van der Waals surface area contributed by atoms with Crippen molar-refractivity contribution >= 4 is 67.1 Å². The number of halogens is 2. The predicted octanol–water partition coefficient (Wildman–Crippen LogP) is 4.64. The van der Waals surface area contributed by atoms with E-state index >= 15 is 0 Å². The lowest BCUT2D eigenvalue weighted by Gasteiger charge is -2.07. The highest BCUT2D eigenvalue weighted by Crippen LogP contribution is 2.32. The molecule has 0 fully saturated rings. The Bertz CT molecular complexity index is 1230. The Kier molecular flexibility index (Phi) is 5.36. The van der Waals surface area contributed by atoms with Gasteiger partial charge in [0.1, 0.15) is 6.54 Å². The van der Waals surface area contributed by atoms with Crippen LogP contribution in [0.15, 0.2) is 52.6 Å². The van der Waals surface area contributed by atoms with Crippen molar-refractivity contribution in [3.05, 3.63) is 67.6 Å². The highest BCUT2D eigenvalue weighted by Gasteiger charge is 2.12. The first-order valence-corrected chi connectivity index (χ1v) is 10.5. The Morgan fingerprint density at radius 1 is 1.18 bits per heavy atom. The Morgan fingerprint density at radius 2 is 2.00 bits per heavy atom. The third-order valence-electron chi connectivity index (χ3n) is 3.90. The predicted molar refractivity (Wildman–Crippen MR) is 115 cm³/mol.